The lowest BCUT2D eigenvalue weighted by Crippen LogP contribution is -2.14. The van der Waals surface area contributed by atoms with Crippen molar-refractivity contribution in [2.75, 3.05) is 10.5 Å². The molecule has 0 aliphatic rings. The number of hydrogen-bond donors (Lipinski definition) is 2. The maximum Gasteiger partial charge on any atom is 0.262 e. The molecule has 0 amide bonds. The molecule has 112 valence electrons. The molecular formula is C16H20N2O2S. The smallest absolute Gasteiger partial charge is 0.262 e. The number of hydrogen-bond acceptors (Lipinski definition) is 3. The molecule has 0 fully saturated rings. The lowest BCUT2D eigenvalue weighted by atomic mass is 10.0. The van der Waals surface area contributed by atoms with Gasteiger partial charge in [-0.15, -0.1) is 0 Å². The van der Waals surface area contributed by atoms with Gasteiger partial charge in [0.05, 0.1) is 4.90 Å². The third-order valence-electron chi connectivity index (χ3n) is 3.33. The molecule has 0 aliphatic carbocycles. The van der Waals surface area contributed by atoms with Crippen LogP contribution in [-0.4, -0.2) is 8.42 Å². The van der Waals surface area contributed by atoms with E-state index in [9.17, 15) is 8.42 Å². The van der Waals surface area contributed by atoms with Gasteiger partial charge in [0.2, 0.25) is 0 Å². The quantitative estimate of drug-likeness (QED) is 0.849. The van der Waals surface area contributed by atoms with Crippen molar-refractivity contribution in [3.05, 3.63) is 53.6 Å². The molecule has 2 rings (SSSR count). The van der Waals surface area contributed by atoms with Gasteiger partial charge in [0, 0.05) is 11.4 Å². The normalized spacial score (nSPS) is 11.6. The fraction of sp³-hybridized carbons (Fsp3) is 0.250. The van der Waals surface area contributed by atoms with Crippen LogP contribution in [0.15, 0.2) is 47.4 Å². The maximum absolute atomic E-state index is 12.4. The predicted molar refractivity (Wildman–Crippen MR) is 86.9 cm³/mol. The molecule has 0 bridgehead atoms. The Morgan fingerprint density at radius 2 is 1.67 bits per heavy atom. The number of nitrogens with one attached hydrogen (secondary N) is 1. The van der Waals surface area contributed by atoms with Gasteiger partial charge in [-0.25, -0.2) is 8.42 Å². The van der Waals surface area contributed by atoms with Gasteiger partial charge in [-0.3, -0.25) is 4.72 Å². The summed E-state index contributed by atoms with van der Waals surface area (Å²) in [4.78, 5) is 0.204. The zero-order valence-electron chi connectivity index (χ0n) is 12.4. The molecule has 2 aromatic carbocycles. The summed E-state index contributed by atoms with van der Waals surface area (Å²) in [7, 11) is -3.63. The van der Waals surface area contributed by atoms with E-state index in [4.69, 9.17) is 5.73 Å². The molecule has 5 heteroatoms. The number of rotatable bonds is 4. The summed E-state index contributed by atoms with van der Waals surface area (Å²) in [5.41, 5.74) is 8.48. The highest BCUT2D eigenvalue weighted by Gasteiger charge is 2.17. The van der Waals surface area contributed by atoms with E-state index in [1.54, 1.807) is 31.2 Å². The van der Waals surface area contributed by atoms with E-state index in [2.05, 4.69) is 18.6 Å². The molecule has 4 nitrogen and oxygen atoms in total. The highest BCUT2D eigenvalue weighted by atomic mass is 32.2. The Morgan fingerprint density at radius 1 is 1.05 bits per heavy atom. The lowest BCUT2D eigenvalue weighted by molar-refractivity contribution is 0.600. The zero-order chi connectivity index (χ0) is 15.6. The number of nitrogens with two attached hydrogens (primary N) is 1. The van der Waals surface area contributed by atoms with E-state index in [0.29, 0.717) is 22.9 Å². The van der Waals surface area contributed by atoms with Gasteiger partial charge in [-0.1, -0.05) is 32.0 Å². The summed E-state index contributed by atoms with van der Waals surface area (Å²) in [6, 6.07) is 12.3. The highest BCUT2D eigenvalue weighted by Crippen LogP contribution is 2.23. The van der Waals surface area contributed by atoms with Crippen LogP contribution < -0.4 is 10.5 Å². The minimum Gasteiger partial charge on any atom is -0.399 e. The molecule has 2 aromatic rings. The zero-order valence-corrected chi connectivity index (χ0v) is 13.2. The Hall–Kier alpha value is -2.01. The molecular weight excluding hydrogens is 284 g/mol. The summed E-state index contributed by atoms with van der Waals surface area (Å²) in [6.07, 6.45) is 0. The van der Waals surface area contributed by atoms with Crippen LogP contribution in [0, 0.1) is 6.92 Å². The molecule has 0 heterocycles. The first-order valence-electron chi connectivity index (χ1n) is 6.78. The van der Waals surface area contributed by atoms with Crippen LogP contribution in [-0.2, 0) is 10.0 Å². The monoisotopic (exact) mass is 304 g/mol. The van der Waals surface area contributed by atoms with Crippen molar-refractivity contribution in [1.82, 2.24) is 0 Å². The van der Waals surface area contributed by atoms with Crippen LogP contribution in [0.2, 0.25) is 0 Å². The second-order valence-electron chi connectivity index (χ2n) is 5.41. The first-order chi connectivity index (χ1) is 9.79. The molecule has 0 aliphatic heterocycles. The molecule has 0 atom stereocenters. The second kappa shape index (κ2) is 5.77. The average Bonchev–Trinajstić information content (AvgIpc) is 2.41. The summed E-state index contributed by atoms with van der Waals surface area (Å²) in [6.45, 7) is 5.93. The van der Waals surface area contributed by atoms with E-state index in [1.165, 1.54) is 6.07 Å². The lowest BCUT2D eigenvalue weighted by Gasteiger charge is -2.12. The standard InChI is InChI=1S/C16H20N2O2S/c1-11(2)13-5-8-15(9-6-13)18-21(19,20)16-10-14(17)7-4-12(16)3/h4-11,18H,17H2,1-3H3. The molecule has 3 N–H and O–H groups in total. The van der Waals surface area contributed by atoms with E-state index in [1.807, 2.05) is 12.1 Å². The average molecular weight is 304 g/mol. The van der Waals surface area contributed by atoms with Crippen molar-refractivity contribution in [1.29, 1.82) is 0 Å². The van der Waals surface area contributed by atoms with Crippen LogP contribution in [0.5, 0.6) is 0 Å². The summed E-state index contributed by atoms with van der Waals surface area (Å²) in [5, 5.41) is 0. The Morgan fingerprint density at radius 3 is 2.24 bits per heavy atom. The largest absolute Gasteiger partial charge is 0.399 e. The molecule has 0 saturated heterocycles. The number of benzene rings is 2. The summed E-state index contributed by atoms with van der Waals surface area (Å²) >= 11 is 0. The van der Waals surface area contributed by atoms with Gasteiger partial charge in [0.15, 0.2) is 0 Å². The summed E-state index contributed by atoms with van der Waals surface area (Å²) in [5.74, 6) is 0.409. The Kier molecular flexibility index (Phi) is 4.23. The van der Waals surface area contributed by atoms with Crippen LogP contribution in [0.3, 0.4) is 0 Å². The van der Waals surface area contributed by atoms with Crippen LogP contribution in [0.1, 0.15) is 30.9 Å². The highest BCUT2D eigenvalue weighted by molar-refractivity contribution is 7.92. The van der Waals surface area contributed by atoms with Crippen molar-refractivity contribution in [3.63, 3.8) is 0 Å². The fourth-order valence-corrected chi connectivity index (χ4v) is 3.39. The maximum atomic E-state index is 12.4. The van der Waals surface area contributed by atoms with E-state index in [0.717, 1.165) is 5.56 Å². The SMILES string of the molecule is Cc1ccc(N)cc1S(=O)(=O)Nc1ccc(C(C)C)cc1. The Bertz CT molecular complexity index is 735. The van der Waals surface area contributed by atoms with Crippen molar-refractivity contribution in [3.8, 4) is 0 Å². The van der Waals surface area contributed by atoms with Gasteiger partial charge in [-0.05, 0) is 48.2 Å². The Labute approximate surface area is 126 Å². The van der Waals surface area contributed by atoms with Crippen LogP contribution in [0.25, 0.3) is 0 Å². The first kappa shape index (κ1) is 15.4. The van der Waals surface area contributed by atoms with E-state index < -0.39 is 10.0 Å². The molecule has 0 unspecified atom stereocenters. The molecule has 0 aromatic heterocycles. The van der Waals surface area contributed by atoms with Crippen molar-refractivity contribution in [2.45, 2.75) is 31.6 Å². The van der Waals surface area contributed by atoms with Crippen LogP contribution in [0.4, 0.5) is 11.4 Å². The predicted octanol–water partition coefficient (Wildman–Crippen LogP) is 3.50. The molecule has 0 spiro atoms. The van der Waals surface area contributed by atoms with Gasteiger partial charge < -0.3 is 5.73 Å². The van der Waals surface area contributed by atoms with Gasteiger partial charge >= 0.3 is 0 Å². The third kappa shape index (κ3) is 3.55. The van der Waals surface area contributed by atoms with Crippen molar-refractivity contribution in [2.24, 2.45) is 0 Å². The van der Waals surface area contributed by atoms with Gasteiger partial charge in [0.25, 0.3) is 10.0 Å². The third-order valence-corrected chi connectivity index (χ3v) is 4.85. The second-order valence-corrected chi connectivity index (χ2v) is 7.06. The van der Waals surface area contributed by atoms with E-state index in [-0.39, 0.29) is 4.90 Å². The van der Waals surface area contributed by atoms with Crippen LogP contribution >= 0.6 is 0 Å². The molecule has 0 radical (unpaired) electrons. The number of sulfonamides is 1. The minimum atomic E-state index is -3.63. The number of nitrogen functional groups attached to an aromatic ring is 1. The minimum absolute atomic E-state index is 0.204. The number of aryl methyl sites for hydroxylation is 1. The van der Waals surface area contributed by atoms with Gasteiger partial charge in [-0.2, -0.15) is 0 Å². The fourth-order valence-electron chi connectivity index (χ4n) is 2.05. The molecule has 21 heavy (non-hydrogen) atoms. The summed E-state index contributed by atoms with van der Waals surface area (Å²) < 4.78 is 27.4. The van der Waals surface area contributed by atoms with E-state index >= 15 is 0 Å². The number of anilines is 2. The van der Waals surface area contributed by atoms with Crippen molar-refractivity contribution < 1.29 is 8.42 Å². The topological polar surface area (TPSA) is 72.2 Å². The van der Waals surface area contributed by atoms with Crippen molar-refractivity contribution >= 4 is 21.4 Å². The first-order valence-corrected chi connectivity index (χ1v) is 8.27. The molecule has 0 saturated carbocycles. The Balaban J connectivity index is 2.31. The van der Waals surface area contributed by atoms with Gasteiger partial charge in [0.1, 0.15) is 0 Å².